The van der Waals surface area contributed by atoms with Crippen molar-refractivity contribution in [3.63, 3.8) is 0 Å². The molecule has 0 saturated carbocycles. The van der Waals surface area contributed by atoms with Crippen LogP contribution >= 0.6 is 0 Å². The monoisotopic (exact) mass is 490 g/mol. The third-order valence-corrected chi connectivity index (χ3v) is 7.24. The van der Waals surface area contributed by atoms with E-state index in [9.17, 15) is 0 Å². The minimum absolute atomic E-state index is 0.696. The molecule has 8 rings (SSSR count). The van der Waals surface area contributed by atoms with Crippen molar-refractivity contribution in [1.82, 2.24) is 4.98 Å². The lowest BCUT2D eigenvalue weighted by Crippen LogP contribution is -2.09. The van der Waals surface area contributed by atoms with Gasteiger partial charge in [-0.05, 0) is 24.3 Å². The molecule has 4 heteroatoms. The van der Waals surface area contributed by atoms with Crippen LogP contribution in [0, 0.1) is 0 Å². The lowest BCUT2D eigenvalue weighted by molar-refractivity contribution is 0.583. The van der Waals surface area contributed by atoms with Crippen molar-refractivity contribution in [3.05, 3.63) is 127 Å². The Morgan fingerprint density at radius 1 is 0.500 bits per heavy atom. The SMILES string of the molecule is c1ccc(N(c2cc3ccccc3o2)c2cc3ccccc3o2)c(-c2cccc3c2[nH]c2ccccc23)c1. The molecule has 3 aromatic heterocycles. The summed E-state index contributed by atoms with van der Waals surface area (Å²) in [6, 6.07) is 43.6. The first-order valence-electron chi connectivity index (χ1n) is 12.7. The van der Waals surface area contributed by atoms with Gasteiger partial charge in [0.05, 0.1) is 11.2 Å². The Morgan fingerprint density at radius 2 is 1.08 bits per heavy atom. The maximum Gasteiger partial charge on any atom is 0.208 e. The molecular weight excluding hydrogens is 468 g/mol. The summed E-state index contributed by atoms with van der Waals surface area (Å²) < 4.78 is 12.8. The van der Waals surface area contributed by atoms with Crippen molar-refractivity contribution in [3.8, 4) is 11.1 Å². The lowest BCUT2D eigenvalue weighted by Gasteiger charge is -2.22. The fourth-order valence-electron chi connectivity index (χ4n) is 5.50. The number of benzene rings is 5. The van der Waals surface area contributed by atoms with Crippen molar-refractivity contribution in [1.29, 1.82) is 0 Å². The second kappa shape index (κ2) is 8.15. The van der Waals surface area contributed by atoms with Gasteiger partial charge in [-0.25, -0.2) is 4.90 Å². The number of fused-ring (bicyclic) bond motifs is 5. The Kier molecular flexibility index (Phi) is 4.49. The Balaban J connectivity index is 1.41. The van der Waals surface area contributed by atoms with E-state index in [1.807, 2.05) is 36.4 Å². The van der Waals surface area contributed by atoms with E-state index in [-0.39, 0.29) is 0 Å². The standard InChI is InChI=1S/C34H22N2O2/c1-7-18-30-22(10-1)20-32(37-30)36(33-21-23-11-2-8-19-31(23)38-33)29-17-6-4-13-25(29)27-15-9-14-26-24-12-3-5-16-28(24)35-34(26)27/h1-21,35H. The number of hydrogen-bond acceptors (Lipinski definition) is 3. The molecule has 180 valence electrons. The molecule has 0 aliphatic heterocycles. The van der Waals surface area contributed by atoms with Gasteiger partial charge in [0.15, 0.2) is 0 Å². The van der Waals surface area contributed by atoms with Crippen molar-refractivity contribution in [2.45, 2.75) is 0 Å². The van der Waals surface area contributed by atoms with Crippen LogP contribution in [0.3, 0.4) is 0 Å². The molecule has 1 N–H and O–H groups in total. The normalized spacial score (nSPS) is 11.7. The van der Waals surface area contributed by atoms with E-state index in [1.54, 1.807) is 0 Å². The highest BCUT2D eigenvalue weighted by Crippen LogP contribution is 2.45. The van der Waals surface area contributed by atoms with E-state index in [0.29, 0.717) is 11.8 Å². The van der Waals surface area contributed by atoms with E-state index in [1.165, 1.54) is 10.8 Å². The van der Waals surface area contributed by atoms with Gasteiger partial charge < -0.3 is 13.8 Å². The first kappa shape index (κ1) is 20.9. The molecule has 0 radical (unpaired) electrons. The number of hydrogen-bond donors (Lipinski definition) is 1. The molecule has 0 aliphatic rings. The van der Waals surface area contributed by atoms with Crippen molar-refractivity contribution < 1.29 is 8.83 Å². The lowest BCUT2D eigenvalue weighted by atomic mass is 9.99. The van der Waals surface area contributed by atoms with Crippen LogP contribution in [0.25, 0.3) is 54.9 Å². The van der Waals surface area contributed by atoms with Gasteiger partial charge >= 0.3 is 0 Å². The van der Waals surface area contributed by atoms with Crippen molar-refractivity contribution in [2.75, 3.05) is 4.90 Å². The third-order valence-electron chi connectivity index (χ3n) is 7.24. The Labute approximate surface area is 218 Å². The van der Waals surface area contributed by atoms with E-state index in [4.69, 9.17) is 8.83 Å². The molecule has 0 bridgehead atoms. The molecule has 0 aliphatic carbocycles. The highest BCUT2D eigenvalue weighted by atomic mass is 16.4. The Morgan fingerprint density at radius 3 is 1.82 bits per heavy atom. The highest BCUT2D eigenvalue weighted by Gasteiger charge is 2.24. The highest BCUT2D eigenvalue weighted by molar-refractivity contribution is 6.13. The van der Waals surface area contributed by atoms with Crippen LogP contribution in [0.15, 0.2) is 136 Å². The van der Waals surface area contributed by atoms with Crippen LogP contribution in [0.2, 0.25) is 0 Å². The zero-order valence-corrected chi connectivity index (χ0v) is 20.4. The van der Waals surface area contributed by atoms with Crippen LogP contribution in [-0.2, 0) is 0 Å². The van der Waals surface area contributed by atoms with Gasteiger partial charge in [0.25, 0.3) is 0 Å². The molecule has 38 heavy (non-hydrogen) atoms. The summed E-state index contributed by atoms with van der Waals surface area (Å²) in [4.78, 5) is 5.75. The number of furan rings is 2. The fourth-order valence-corrected chi connectivity index (χ4v) is 5.50. The van der Waals surface area contributed by atoms with Gasteiger partial charge in [0.2, 0.25) is 11.8 Å². The largest absolute Gasteiger partial charge is 0.440 e. The van der Waals surface area contributed by atoms with Crippen LogP contribution in [0.5, 0.6) is 0 Å². The van der Waals surface area contributed by atoms with Gasteiger partial charge in [-0.2, -0.15) is 0 Å². The zero-order valence-electron chi connectivity index (χ0n) is 20.4. The number of aromatic amines is 1. The van der Waals surface area contributed by atoms with Crippen LogP contribution in [-0.4, -0.2) is 4.98 Å². The molecule has 3 heterocycles. The number of nitrogens with zero attached hydrogens (tertiary/aromatic N) is 1. The number of aromatic nitrogens is 1. The second-order valence-corrected chi connectivity index (χ2v) is 9.50. The number of nitrogens with one attached hydrogen (secondary N) is 1. The van der Waals surface area contributed by atoms with Crippen LogP contribution in [0.4, 0.5) is 17.5 Å². The fraction of sp³-hybridized carbons (Fsp3) is 0. The van der Waals surface area contributed by atoms with Gasteiger partial charge in [0.1, 0.15) is 11.2 Å². The molecule has 0 saturated heterocycles. The third kappa shape index (κ3) is 3.17. The smallest absolute Gasteiger partial charge is 0.208 e. The average Bonchev–Trinajstić information content (AvgIpc) is 3.68. The number of rotatable bonds is 4. The summed E-state index contributed by atoms with van der Waals surface area (Å²) in [5, 5.41) is 4.50. The van der Waals surface area contributed by atoms with Crippen LogP contribution < -0.4 is 4.90 Å². The molecule has 5 aromatic carbocycles. The quantitative estimate of drug-likeness (QED) is 0.267. The van der Waals surface area contributed by atoms with Crippen molar-refractivity contribution in [2.24, 2.45) is 0 Å². The number of anilines is 3. The summed E-state index contributed by atoms with van der Waals surface area (Å²) in [6.07, 6.45) is 0. The van der Waals surface area contributed by atoms with Gasteiger partial charge in [0, 0.05) is 50.3 Å². The van der Waals surface area contributed by atoms with E-state index in [0.717, 1.165) is 49.8 Å². The summed E-state index contributed by atoms with van der Waals surface area (Å²) in [5.41, 5.74) is 7.06. The number of para-hydroxylation sites is 5. The molecular formula is C34H22N2O2. The van der Waals surface area contributed by atoms with E-state index < -0.39 is 0 Å². The van der Waals surface area contributed by atoms with Gasteiger partial charge in [-0.3, -0.25) is 0 Å². The molecule has 0 unspecified atom stereocenters. The minimum atomic E-state index is 0.696. The second-order valence-electron chi connectivity index (χ2n) is 9.50. The first-order valence-corrected chi connectivity index (χ1v) is 12.7. The Bertz CT molecular complexity index is 1970. The molecule has 0 fully saturated rings. The molecule has 4 nitrogen and oxygen atoms in total. The van der Waals surface area contributed by atoms with E-state index >= 15 is 0 Å². The van der Waals surface area contributed by atoms with Crippen molar-refractivity contribution >= 4 is 61.2 Å². The summed E-state index contributed by atoms with van der Waals surface area (Å²) in [7, 11) is 0. The summed E-state index contributed by atoms with van der Waals surface area (Å²) in [5.74, 6) is 1.39. The summed E-state index contributed by atoms with van der Waals surface area (Å²) >= 11 is 0. The van der Waals surface area contributed by atoms with Gasteiger partial charge in [-0.15, -0.1) is 0 Å². The maximum absolute atomic E-state index is 6.42. The summed E-state index contributed by atoms with van der Waals surface area (Å²) in [6.45, 7) is 0. The average molecular weight is 491 g/mol. The topological polar surface area (TPSA) is 45.3 Å². The molecule has 8 aromatic rings. The van der Waals surface area contributed by atoms with Gasteiger partial charge in [-0.1, -0.05) is 91.0 Å². The molecule has 0 atom stereocenters. The molecule has 0 amide bonds. The molecule has 0 spiro atoms. The Hall–Kier alpha value is -5.22. The minimum Gasteiger partial charge on any atom is -0.440 e. The first-order chi connectivity index (χ1) is 18.8. The predicted molar refractivity (Wildman–Crippen MR) is 155 cm³/mol. The zero-order chi connectivity index (χ0) is 25.1. The number of H-pyrrole nitrogens is 1. The predicted octanol–water partition coefficient (Wildman–Crippen LogP) is 9.95. The van der Waals surface area contributed by atoms with E-state index in [2.05, 4.69) is 101 Å². The maximum atomic E-state index is 6.42. The van der Waals surface area contributed by atoms with Crippen LogP contribution in [0.1, 0.15) is 0 Å².